The molecule has 0 bridgehead atoms. The minimum absolute atomic E-state index is 0.0568. The number of nitrogens with one attached hydrogen (secondary N) is 1. The van der Waals surface area contributed by atoms with Gasteiger partial charge < -0.3 is 15.0 Å². The lowest BCUT2D eigenvalue weighted by atomic mass is 10.0. The van der Waals surface area contributed by atoms with Crippen molar-refractivity contribution < 1.29 is 22.7 Å². The summed E-state index contributed by atoms with van der Waals surface area (Å²) in [5, 5.41) is 2.93. The highest BCUT2D eigenvalue weighted by atomic mass is 35.5. The van der Waals surface area contributed by atoms with Crippen LogP contribution in [0, 0.1) is 5.92 Å². The Morgan fingerprint density at radius 2 is 1.92 bits per heavy atom. The largest absolute Gasteiger partial charge is 0.416 e. The highest BCUT2D eigenvalue weighted by molar-refractivity contribution is 6.33. The number of ether oxygens (including phenoxy) is 1. The molecule has 0 saturated carbocycles. The molecule has 4 nitrogen and oxygen atoms in total. The minimum Gasteiger partial charge on any atom is -0.378 e. The van der Waals surface area contributed by atoms with Crippen molar-refractivity contribution in [3.8, 4) is 0 Å². The number of carbonyl (C=O) groups excluding carboxylic acids is 1. The quantitative estimate of drug-likeness (QED) is 0.886. The molecule has 1 amide bonds. The third-order valence-electron chi connectivity index (χ3n) is 3.86. The summed E-state index contributed by atoms with van der Waals surface area (Å²) in [7, 11) is 0. The van der Waals surface area contributed by atoms with Gasteiger partial charge in [0.15, 0.2) is 0 Å². The first-order chi connectivity index (χ1) is 11.2. The summed E-state index contributed by atoms with van der Waals surface area (Å²) < 4.78 is 43.4. The van der Waals surface area contributed by atoms with Crippen molar-refractivity contribution in [1.29, 1.82) is 0 Å². The molecule has 1 fully saturated rings. The van der Waals surface area contributed by atoms with Crippen molar-refractivity contribution in [2.45, 2.75) is 26.1 Å². The Labute approximate surface area is 143 Å². The Hall–Kier alpha value is -1.47. The molecule has 8 heteroatoms. The molecule has 0 aliphatic carbocycles. The number of morpholine rings is 1. The first-order valence-electron chi connectivity index (χ1n) is 7.70. The monoisotopic (exact) mass is 364 g/mol. The van der Waals surface area contributed by atoms with Gasteiger partial charge in [0.05, 0.1) is 29.5 Å². The Balaban J connectivity index is 2.17. The molecule has 0 radical (unpaired) electrons. The fourth-order valence-corrected chi connectivity index (χ4v) is 2.71. The van der Waals surface area contributed by atoms with Crippen LogP contribution in [-0.4, -0.2) is 43.2 Å². The zero-order valence-corrected chi connectivity index (χ0v) is 14.2. The summed E-state index contributed by atoms with van der Waals surface area (Å²) >= 11 is 5.97. The van der Waals surface area contributed by atoms with E-state index in [4.69, 9.17) is 16.3 Å². The zero-order valence-electron chi connectivity index (χ0n) is 13.5. The Morgan fingerprint density at radius 3 is 2.42 bits per heavy atom. The van der Waals surface area contributed by atoms with Crippen LogP contribution in [0.5, 0.6) is 0 Å². The lowest BCUT2D eigenvalue weighted by molar-refractivity contribution is -0.138. The van der Waals surface area contributed by atoms with E-state index in [0.717, 1.165) is 12.1 Å². The van der Waals surface area contributed by atoms with Gasteiger partial charge in [0, 0.05) is 13.1 Å². The predicted octanol–water partition coefficient (Wildman–Crippen LogP) is 3.65. The normalized spacial score (nSPS) is 17.0. The standard InChI is InChI=1S/C16H20ClF3N2O2/c1-10(2)14(15(23)22-5-7-24-8-6-22)21-13-4-3-11(9-12(13)17)16(18,19)20/h3-4,9-10,14,21H,5-8H2,1-2H3. The van der Waals surface area contributed by atoms with Gasteiger partial charge in [-0.2, -0.15) is 13.2 Å². The Kier molecular flexibility index (Phi) is 5.98. The number of rotatable bonds is 4. The molecule has 1 aliphatic rings. The van der Waals surface area contributed by atoms with Crippen LogP contribution in [0.2, 0.25) is 5.02 Å². The molecule has 1 N–H and O–H groups in total. The van der Waals surface area contributed by atoms with Crippen LogP contribution in [0.15, 0.2) is 18.2 Å². The molecule has 1 atom stereocenters. The molecule has 1 aliphatic heterocycles. The van der Waals surface area contributed by atoms with Crippen LogP contribution in [-0.2, 0) is 15.7 Å². The summed E-state index contributed by atoms with van der Waals surface area (Å²) in [6, 6.07) is 2.50. The smallest absolute Gasteiger partial charge is 0.378 e. The average Bonchev–Trinajstić information content (AvgIpc) is 2.52. The number of hydrogen-bond donors (Lipinski definition) is 1. The maximum absolute atomic E-state index is 12.7. The fourth-order valence-electron chi connectivity index (χ4n) is 2.47. The fraction of sp³-hybridized carbons (Fsp3) is 0.562. The third kappa shape index (κ3) is 4.54. The second-order valence-electron chi connectivity index (χ2n) is 6.00. The molecule has 134 valence electrons. The van der Waals surface area contributed by atoms with Crippen LogP contribution >= 0.6 is 11.6 Å². The molecule has 0 spiro atoms. The highest BCUT2D eigenvalue weighted by Crippen LogP contribution is 2.34. The van der Waals surface area contributed by atoms with Crippen molar-refractivity contribution in [2.24, 2.45) is 5.92 Å². The Bertz CT molecular complexity index is 587. The second-order valence-corrected chi connectivity index (χ2v) is 6.40. The zero-order chi connectivity index (χ0) is 17.9. The third-order valence-corrected chi connectivity index (χ3v) is 4.18. The number of alkyl halides is 3. The van der Waals surface area contributed by atoms with E-state index in [2.05, 4.69) is 5.32 Å². The lowest BCUT2D eigenvalue weighted by Gasteiger charge is -2.32. The lowest BCUT2D eigenvalue weighted by Crippen LogP contribution is -2.49. The van der Waals surface area contributed by atoms with E-state index in [-0.39, 0.29) is 16.8 Å². The number of anilines is 1. The number of hydrogen-bond acceptors (Lipinski definition) is 3. The van der Waals surface area contributed by atoms with Gasteiger partial charge in [-0.3, -0.25) is 4.79 Å². The van der Waals surface area contributed by atoms with Crippen LogP contribution < -0.4 is 5.32 Å². The van der Waals surface area contributed by atoms with E-state index >= 15 is 0 Å². The van der Waals surface area contributed by atoms with E-state index in [0.29, 0.717) is 32.0 Å². The van der Waals surface area contributed by atoms with Crippen molar-refractivity contribution in [1.82, 2.24) is 4.90 Å². The molecule has 2 rings (SSSR count). The maximum atomic E-state index is 12.7. The number of benzene rings is 1. The van der Waals surface area contributed by atoms with Crippen LogP contribution in [0.4, 0.5) is 18.9 Å². The van der Waals surface area contributed by atoms with E-state index in [1.54, 1.807) is 4.90 Å². The van der Waals surface area contributed by atoms with Gasteiger partial charge in [0.1, 0.15) is 6.04 Å². The second kappa shape index (κ2) is 7.61. The van der Waals surface area contributed by atoms with Gasteiger partial charge in [-0.15, -0.1) is 0 Å². The number of halogens is 4. The number of amides is 1. The minimum atomic E-state index is -4.46. The first kappa shape index (κ1) is 18.9. The summed E-state index contributed by atoms with van der Waals surface area (Å²) in [5.74, 6) is -0.164. The van der Waals surface area contributed by atoms with Gasteiger partial charge in [-0.25, -0.2) is 0 Å². The molecule has 1 heterocycles. The number of carbonyl (C=O) groups is 1. The molecule has 1 saturated heterocycles. The van der Waals surface area contributed by atoms with Crippen molar-refractivity contribution in [2.75, 3.05) is 31.6 Å². The van der Waals surface area contributed by atoms with E-state index in [1.807, 2.05) is 13.8 Å². The van der Waals surface area contributed by atoms with Gasteiger partial charge in [0.2, 0.25) is 5.91 Å². The van der Waals surface area contributed by atoms with E-state index in [1.165, 1.54) is 6.07 Å². The summed E-state index contributed by atoms with van der Waals surface area (Å²) in [6.07, 6.45) is -4.46. The number of nitrogens with zero attached hydrogens (tertiary/aromatic N) is 1. The van der Waals surface area contributed by atoms with Crippen LogP contribution in [0.25, 0.3) is 0 Å². The molecule has 0 aromatic heterocycles. The van der Waals surface area contributed by atoms with Crippen molar-refractivity contribution in [3.05, 3.63) is 28.8 Å². The topological polar surface area (TPSA) is 41.6 Å². The van der Waals surface area contributed by atoms with Gasteiger partial charge >= 0.3 is 6.18 Å². The van der Waals surface area contributed by atoms with Gasteiger partial charge in [-0.05, 0) is 24.1 Å². The molecule has 24 heavy (non-hydrogen) atoms. The first-order valence-corrected chi connectivity index (χ1v) is 8.07. The van der Waals surface area contributed by atoms with E-state index < -0.39 is 17.8 Å². The van der Waals surface area contributed by atoms with Gasteiger partial charge in [-0.1, -0.05) is 25.4 Å². The van der Waals surface area contributed by atoms with Crippen molar-refractivity contribution >= 4 is 23.2 Å². The SMILES string of the molecule is CC(C)C(Nc1ccc(C(F)(F)F)cc1Cl)C(=O)N1CCOCC1. The maximum Gasteiger partial charge on any atom is 0.416 e. The summed E-state index contributed by atoms with van der Waals surface area (Å²) in [4.78, 5) is 14.4. The highest BCUT2D eigenvalue weighted by Gasteiger charge is 2.32. The molecule has 1 aromatic rings. The molecule has 1 unspecified atom stereocenters. The van der Waals surface area contributed by atoms with E-state index in [9.17, 15) is 18.0 Å². The summed E-state index contributed by atoms with van der Waals surface area (Å²) in [5.41, 5.74) is -0.511. The van der Waals surface area contributed by atoms with Crippen LogP contribution in [0.1, 0.15) is 19.4 Å². The van der Waals surface area contributed by atoms with Gasteiger partial charge in [0.25, 0.3) is 0 Å². The summed E-state index contributed by atoms with van der Waals surface area (Å²) in [6.45, 7) is 5.71. The predicted molar refractivity (Wildman–Crippen MR) is 86.1 cm³/mol. The molecule has 1 aromatic carbocycles. The average molecular weight is 365 g/mol. The Morgan fingerprint density at radius 1 is 1.29 bits per heavy atom. The van der Waals surface area contributed by atoms with Crippen molar-refractivity contribution in [3.63, 3.8) is 0 Å². The molecular weight excluding hydrogens is 345 g/mol. The van der Waals surface area contributed by atoms with Crippen LogP contribution in [0.3, 0.4) is 0 Å². The molecular formula is C16H20ClF3N2O2.